The van der Waals surface area contributed by atoms with Gasteiger partial charge in [0.25, 0.3) is 15.9 Å². The van der Waals surface area contributed by atoms with E-state index in [9.17, 15) is 13.2 Å². The van der Waals surface area contributed by atoms with E-state index in [-0.39, 0.29) is 10.0 Å². The SMILES string of the molecule is CCCCCOc1ccc(Cn2c(C)nc(Cl)c2/C=C/C(=O)NS(=O)(=O)c2ccc(C)cc2)c(Cl)c1. The van der Waals surface area contributed by atoms with Crippen molar-refractivity contribution in [2.24, 2.45) is 0 Å². The Hall–Kier alpha value is -2.81. The molecular formula is C26H29Cl2N3O4S. The van der Waals surface area contributed by atoms with Gasteiger partial charge in [-0.25, -0.2) is 18.1 Å². The van der Waals surface area contributed by atoms with Gasteiger partial charge in [-0.15, -0.1) is 0 Å². The number of rotatable bonds is 11. The van der Waals surface area contributed by atoms with Gasteiger partial charge < -0.3 is 9.30 Å². The standard InChI is InChI=1S/C26H29Cl2N3O4S/c1-4-5-6-15-35-21-10-9-20(23(27)16-21)17-31-19(3)29-26(28)24(31)13-14-25(32)30-36(33,34)22-11-7-18(2)8-12-22/h7-14,16H,4-6,15,17H2,1-3H3,(H,30,32)/b14-13+. The fourth-order valence-electron chi connectivity index (χ4n) is 3.46. The summed E-state index contributed by atoms with van der Waals surface area (Å²) in [7, 11) is -4.00. The lowest BCUT2D eigenvalue weighted by Crippen LogP contribution is -2.29. The van der Waals surface area contributed by atoms with Crippen LogP contribution in [0.2, 0.25) is 10.2 Å². The molecule has 0 bridgehead atoms. The third-order valence-corrected chi connectivity index (χ3v) is 7.47. The summed E-state index contributed by atoms with van der Waals surface area (Å²) in [4.78, 5) is 16.7. The summed E-state index contributed by atoms with van der Waals surface area (Å²) in [6, 6.07) is 11.7. The van der Waals surface area contributed by atoms with Gasteiger partial charge in [0.1, 0.15) is 11.6 Å². The molecule has 0 saturated heterocycles. The predicted octanol–water partition coefficient (Wildman–Crippen LogP) is 5.94. The van der Waals surface area contributed by atoms with Gasteiger partial charge in [-0.1, -0.05) is 66.7 Å². The smallest absolute Gasteiger partial charge is 0.264 e. The molecule has 1 N–H and O–H groups in total. The Morgan fingerprint density at radius 3 is 2.50 bits per heavy atom. The van der Waals surface area contributed by atoms with Gasteiger partial charge in [0.15, 0.2) is 5.15 Å². The molecule has 0 spiro atoms. The Labute approximate surface area is 222 Å². The van der Waals surface area contributed by atoms with Crippen LogP contribution in [0.5, 0.6) is 5.75 Å². The maximum atomic E-state index is 12.5. The van der Waals surface area contributed by atoms with E-state index in [4.69, 9.17) is 27.9 Å². The molecule has 0 aliphatic heterocycles. The number of halogens is 2. The van der Waals surface area contributed by atoms with Crippen molar-refractivity contribution in [2.45, 2.75) is 51.5 Å². The number of imidazole rings is 1. The highest BCUT2D eigenvalue weighted by atomic mass is 35.5. The van der Waals surface area contributed by atoms with Gasteiger partial charge in [0, 0.05) is 11.1 Å². The van der Waals surface area contributed by atoms with E-state index in [1.807, 2.05) is 23.8 Å². The van der Waals surface area contributed by atoms with Crippen LogP contribution in [0.4, 0.5) is 0 Å². The fraction of sp³-hybridized carbons (Fsp3) is 0.308. The molecule has 1 heterocycles. The van der Waals surface area contributed by atoms with E-state index in [2.05, 4.69) is 11.9 Å². The number of nitrogens with zero attached hydrogens (tertiary/aromatic N) is 2. The normalized spacial score (nSPS) is 11.7. The number of aromatic nitrogens is 2. The van der Waals surface area contributed by atoms with Crippen molar-refractivity contribution in [3.63, 3.8) is 0 Å². The number of sulfonamides is 1. The van der Waals surface area contributed by atoms with Crippen LogP contribution in [0.25, 0.3) is 6.08 Å². The van der Waals surface area contributed by atoms with Crippen molar-refractivity contribution in [1.29, 1.82) is 0 Å². The van der Waals surface area contributed by atoms with Crippen molar-refractivity contribution >= 4 is 45.2 Å². The summed E-state index contributed by atoms with van der Waals surface area (Å²) in [5.74, 6) is 0.509. The van der Waals surface area contributed by atoms with Gasteiger partial charge in [-0.2, -0.15) is 0 Å². The Kier molecular flexibility index (Phi) is 9.59. The maximum absolute atomic E-state index is 12.5. The molecule has 0 saturated carbocycles. The van der Waals surface area contributed by atoms with Crippen LogP contribution in [0.3, 0.4) is 0 Å². The second kappa shape index (κ2) is 12.4. The first kappa shape index (κ1) is 27.8. The van der Waals surface area contributed by atoms with Crippen molar-refractivity contribution in [3.8, 4) is 5.75 Å². The third kappa shape index (κ3) is 7.35. The van der Waals surface area contributed by atoms with Crippen LogP contribution >= 0.6 is 23.2 Å². The number of nitrogens with one attached hydrogen (secondary N) is 1. The van der Waals surface area contributed by atoms with Gasteiger partial charge in [0.05, 0.1) is 23.7 Å². The summed E-state index contributed by atoms with van der Waals surface area (Å²) in [6.45, 7) is 6.75. The zero-order valence-electron chi connectivity index (χ0n) is 20.4. The van der Waals surface area contributed by atoms with E-state index in [1.165, 1.54) is 18.2 Å². The molecule has 0 atom stereocenters. The monoisotopic (exact) mass is 549 g/mol. The number of amides is 1. The molecule has 192 valence electrons. The second-order valence-corrected chi connectivity index (χ2v) is 10.8. The highest BCUT2D eigenvalue weighted by Gasteiger charge is 2.17. The number of carbonyl (C=O) groups excluding carboxylic acids is 1. The molecule has 2 aromatic carbocycles. The second-order valence-electron chi connectivity index (χ2n) is 8.35. The summed E-state index contributed by atoms with van der Waals surface area (Å²) >= 11 is 12.8. The predicted molar refractivity (Wildman–Crippen MR) is 143 cm³/mol. The minimum Gasteiger partial charge on any atom is -0.494 e. The quantitative estimate of drug-likeness (QED) is 0.236. The molecule has 1 amide bonds. The average molecular weight is 551 g/mol. The number of hydrogen-bond acceptors (Lipinski definition) is 5. The molecular weight excluding hydrogens is 521 g/mol. The molecule has 0 aliphatic carbocycles. The summed E-state index contributed by atoms with van der Waals surface area (Å²) in [5, 5.41) is 0.717. The third-order valence-electron chi connectivity index (χ3n) is 5.48. The largest absolute Gasteiger partial charge is 0.494 e. The van der Waals surface area contributed by atoms with E-state index in [0.29, 0.717) is 35.4 Å². The molecule has 1 aromatic heterocycles. The maximum Gasteiger partial charge on any atom is 0.264 e. The fourth-order valence-corrected chi connectivity index (χ4v) is 4.92. The van der Waals surface area contributed by atoms with Crippen LogP contribution in [0, 0.1) is 13.8 Å². The molecule has 0 radical (unpaired) electrons. The molecule has 36 heavy (non-hydrogen) atoms. The zero-order valence-corrected chi connectivity index (χ0v) is 22.8. The topological polar surface area (TPSA) is 90.3 Å². The lowest BCUT2D eigenvalue weighted by molar-refractivity contribution is -0.114. The first-order chi connectivity index (χ1) is 17.1. The minimum absolute atomic E-state index is 0.00111. The van der Waals surface area contributed by atoms with E-state index < -0.39 is 15.9 Å². The van der Waals surface area contributed by atoms with Crippen LogP contribution in [0.1, 0.15) is 48.8 Å². The molecule has 0 fully saturated rings. The zero-order chi connectivity index (χ0) is 26.3. The molecule has 0 aliphatic rings. The molecule has 10 heteroatoms. The molecule has 3 rings (SSSR count). The van der Waals surface area contributed by atoms with E-state index in [0.717, 1.165) is 36.5 Å². The minimum atomic E-state index is -4.00. The van der Waals surface area contributed by atoms with Gasteiger partial charge >= 0.3 is 0 Å². The number of aryl methyl sites for hydroxylation is 2. The number of hydrogen-bond donors (Lipinski definition) is 1. The molecule has 3 aromatic rings. The lowest BCUT2D eigenvalue weighted by Gasteiger charge is -2.12. The van der Waals surface area contributed by atoms with Gasteiger partial charge in [0.2, 0.25) is 0 Å². The van der Waals surface area contributed by atoms with Gasteiger partial charge in [-0.3, -0.25) is 4.79 Å². The van der Waals surface area contributed by atoms with E-state index >= 15 is 0 Å². The van der Waals surface area contributed by atoms with Gasteiger partial charge in [-0.05, 0) is 56.2 Å². The van der Waals surface area contributed by atoms with Crippen molar-refractivity contribution < 1.29 is 17.9 Å². The van der Waals surface area contributed by atoms with Crippen LogP contribution in [-0.2, 0) is 21.4 Å². The summed E-state index contributed by atoms with van der Waals surface area (Å²) < 4.78 is 34.5. The lowest BCUT2D eigenvalue weighted by atomic mass is 10.2. The number of ether oxygens (including phenoxy) is 1. The number of benzene rings is 2. The van der Waals surface area contributed by atoms with Crippen LogP contribution < -0.4 is 9.46 Å². The highest BCUT2D eigenvalue weighted by Crippen LogP contribution is 2.26. The Bertz CT molecular complexity index is 1350. The Morgan fingerprint density at radius 1 is 1.11 bits per heavy atom. The Balaban J connectivity index is 1.73. The molecule has 0 unspecified atom stereocenters. The highest BCUT2D eigenvalue weighted by molar-refractivity contribution is 7.90. The van der Waals surface area contributed by atoms with Crippen LogP contribution in [0.15, 0.2) is 53.4 Å². The van der Waals surface area contributed by atoms with E-state index in [1.54, 1.807) is 29.7 Å². The summed E-state index contributed by atoms with van der Waals surface area (Å²) in [6.07, 6.45) is 5.76. The number of unbranched alkanes of at least 4 members (excludes halogenated alkanes) is 2. The van der Waals surface area contributed by atoms with Crippen molar-refractivity contribution in [1.82, 2.24) is 14.3 Å². The average Bonchev–Trinajstić information content (AvgIpc) is 3.08. The van der Waals surface area contributed by atoms with Crippen LogP contribution in [-0.4, -0.2) is 30.5 Å². The van der Waals surface area contributed by atoms with Crippen molar-refractivity contribution in [3.05, 3.63) is 81.4 Å². The first-order valence-electron chi connectivity index (χ1n) is 11.6. The molecule has 7 nitrogen and oxygen atoms in total. The number of carbonyl (C=O) groups is 1. The van der Waals surface area contributed by atoms with Crippen molar-refractivity contribution in [2.75, 3.05) is 6.61 Å². The first-order valence-corrected chi connectivity index (χ1v) is 13.8. The summed E-state index contributed by atoms with van der Waals surface area (Å²) in [5.41, 5.74) is 2.18. The Morgan fingerprint density at radius 2 is 1.83 bits per heavy atom.